The van der Waals surface area contributed by atoms with E-state index in [1.165, 1.54) is 39.5 Å². The van der Waals surface area contributed by atoms with Crippen molar-refractivity contribution in [3.05, 3.63) is 77.3 Å². The number of sulfonamides is 1. The van der Waals surface area contributed by atoms with Gasteiger partial charge in [-0.1, -0.05) is 41.9 Å². The van der Waals surface area contributed by atoms with Gasteiger partial charge in [0.15, 0.2) is 0 Å². The summed E-state index contributed by atoms with van der Waals surface area (Å²) in [4.78, 5) is 13.2. The Morgan fingerprint density at radius 3 is 2.21 bits per heavy atom. The molecule has 3 aromatic carbocycles. The van der Waals surface area contributed by atoms with Crippen LogP contribution in [0.5, 0.6) is 17.2 Å². The minimum atomic E-state index is -4.10. The highest BCUT2D eigenvalue weighted by molar-refractivity contribution is 7.89. The Morgan fingerprint density at radius 2 is 1.59 bits per heavy atom. The van der Waals surface area contributed by atoms with Crippen LogP contribution in [0.3, 0.4) is 0 Å². The number of ether oxygens (including phenoxy) is 3. The van der Waals surface area contributed by atoms with Crippen LogP contribution in [-0.2, 0) is 21.2 Å². The highest BCUT2D eigenvalue weighted by Gasteiger charge is 2.27. The van der Waals surface area contributed by atoms with Crippen molar-refractivity contribution in [2.75, 3.05) is 26.6 Å². The van der Waals surface area contributed by atoms with E-state index in [0.29, 0.717) is 22.9 Å². The molecule has 0 bridgehead atoms. The molecule has 0 saturated heterocycles. The van der Waals surface area contributed by atoms with Gasteiger partial charge < -0.3 is 19.5 Å². The number of rotatable bonds is 10. The molecule has 3 aromatic rings. The summed E-state index contributed by atoms with van der Waals surface area (Å²) in [5, 5.41) is 2.88. The normalized spacial score (nSPS) is 12.0. The van der Waals surface area contributed by atoms with Crippen molar-refractivity contribution in [2.24, 2.45) is 0 Å². The maximum Gasteiger partial charge on any atom is 0.243 e. The largest absolute Gasteiger partial charge is 0.497 e. The second kappa shape index (κ2) is 11.2. The monoisotopic (exact) mass is 504 g/mol. The third-order valence-electron chi connectivity index (χ3n) is 4.99. The first kappa shape index (κ1) is 25.4. The fourth-order valence-electron chi connectivity index (χ4n) is 3.24. The average molecular weight is 505 g/mol. The van der Waals surface area contributed by atoms with Crippen LogP contribution in [0, 0.1) is 0 Å². The van der Waals surface area contributed by atoms with E-state index < -0.39 is 22.0 Å². The minimum absolute atomic E-state index is 0.0943. The first-order chi connectivity index (χ1) is 16.3. The van der Waals surface area contributed by atoms with Crippen LogP contribution in [0.25, 0.3) is 0 Å². The molecule has 0 saturated carbocycles. The number of anilines is 1. The number of benzene rings is 3. The molecule has 0 unspecified atom stereocenters. The summed E-state index contributed by atoms with van der Waals surface area (Å²) < 4.78 is 44.4. The third kappa shape index (κ3) is 6.19. The zero-order valence-corrected chi connectivity index (χ0v) is 20.4. The van der Waals surface area contributed by atoms with Gasteiger partial charge in [0, 0.05) is 6.07 Å². The number of nitrogens with one attached hydrogen (secondary N) is 2. The molecule has 2 N–H and O–H groups in total. The van der Waals surface area contributed by atoms with E-state index in [1.54, 1.807) is 18.2 Å². The second-order valence-electron chi connectivity index (χ2n) is 7.22. The van der Waals surface area contributed by atoms with Gasteiger partial charge in [0.1, 0.15) is 23.3 Å². The van der Waals surface area contributed by atoms with Crippen molar-refractivity contribution in [2.45, 2.75) is 17.4 Å². The van der Waals surface area contributed by atoms with Gasteiger partial charge >= 0.3 is 0 Å². The number of amides is 1. The minimum Gasteiger partial charge on any atom is -0.497 e. The van der Waals surface area contributed by atoms with Crippen molar-refractivity contribution in [1.82, 2.24) is 4.72 Å². The van der Waals surface area contributed by atoms with Gasteiger partial charge in [-0.2, -0.15) is 4.72 Å². The highest BCUT2D eigenvalue weighted by Crippen LogP contribution is 2.30. The molecule has 0 aromatic heterocycles. The molecule has 3 rings (SSSR count). The molecule has 0 aliphatic heterocycles. The third-order valence-corrected chi connectivity index (χ3v) is 6.76. The highest BCUT2D eigenvalue weighted by atomic mass is 35.5. The number of carbonyl (C=O) groups is 1. The van der Waals surface area contributed by atoms with E-state index in [2.05, 4.69) is 10.0 Å². The van der Waals surface area contributed by atoms with Gasteiger partial charge in [0.2, 0.25) is 15.9 Å². The summed E-state index contributed by atoms with van der Waals surface area (Å²) in [6.07, 6.45) is 0.113. The van der Waals surface area contributed by atoms with Crippen LogP contribution < -0.4 is 24.2 Å². The van der Waals surface area contributed by atoms with E-state index >= 15 is 0 Å². The zero-order chi connectivity index (χ0) is 24.7. The van der Waals surface area contributed by atoms with Gasteiger partial charge in [-0.05, 0) is 42.3 Å². The van der Waals surface area contributed by atoms with Gasteiger partial charge in [-0.25, -0.2) is 8.42 Å². The van der Waals surface area contributed by atoms with Crippen LogP contribution >= 0.6 is 11.6 Å². The van der Waals surface area contributed by atoms with Crippen molar-refractivity contribution >= 4 is 33.2 Å². The lowest BCUT2D eigenvalue weighted by Crippen LogP contribution is -2.45. The smallest absolute Gasteiger partial charge is 0.243 e. The number of hydrogen-bond acceptors (Lipinski definition) is 6. The molecule has 0 heterocycles. The number of methoxy groups -OCH3 is 3. The Labute approximate surface area is 203 Å². The van der Waals surface area contributed by atoms with Crippen molar-refractivity contribution in [3.8, 4) is 17.2 Å². The van der Waals surface area contributed by atoms with Gasteiger partial charge in [0.05, 0.1) is 36.9 Å². The van der Waals surface area contributed by atoms with Crippen LogP contribution in [0.15, 0.2) is 71.6 Å². The molecular weight excluding hydrogens is 480 g/mol. The SMILES string of the molecule is COc1ccc(OC)c(NC(=O)[C@@H](Cc2ccccc2)NS(=O)(=O)c2ccc(OC)c(Cl)c2)c1. The summed E-state index contributed by atoms with van der Waals surface area (Å²) in [5.74, 6) is 0.671. The summed E-state index contributed by atoms with van der Waals surface area (Å²) in [5.41, 5.74) is 1.12. The Hall–Kier alpha value is -3.27. The lowest BCUT2D eigenvalue weighted by molar-refractivity contribution is -0.117. The lowest BCUT2D eigenvalue weighted by Gasteiger charge is -2.20. The molecule has 0 aliphatic carbocycles. The summed E-state index contributed by atoms with van der Waals surface area (Å²) in [7, 11) is 0.299. The van der Waals surface area contributed by atoms with Crippen LogP contribution in [0.1, 0.15) is 5.56 Å². The Balaban J connectivity index is 1.92. The standard InChI is InChI=1S/C24H25ClN2O6S/c1-31-17-9-11-23(33-3)20(14-17)26-24(28)21(13-16-7-5-4-6-8-16)27-34(29,30)18-10-12-22(32-2)19(25)15-18/h4-12,14-15,21,27H,13H2,1-3H3,(H,26,28)/t21-/m1/s1. The Bertz CT molecular complexity index is 1250. The Kier molecular flexibility index (Phi) is 8.38. The lowest BCUT2D eigenvalue weighted by atomic mass is 10.1. The quantitative estimate of drug-likeness (QED) is 0.434. The predicted molar refractivity (Wildman–Crippen MR) is 130 cm³/mol. The predicted octanol–water partition coefficient (Wildman–Crippen LogP) is 3.89. The molecular formula is C24H25ClN2O6S. The fourth-order valence-corrected chi connectivity index (χ4v) is 4.78. The number of hydrogen-bond donors (Lipinski definition) is 2. The molecule has 0 aliphatic rings. The molecule has 1 atom stereocenters. The molecule has 34 heavy (non-hydrogen) atoms. The van der Waals surface area contributed by atoms with Gasteiger partial charge in [0.25, 0.3) is 0 Å². The molecule has 1 amide bonds. The van der Waals surface area contributed by atoms with Gasteiger partial charge in [-0.3, -0.25) is 4.79 Å². The van der Waals surface area contributed by atoms with Crippen molar-refractivity contribution < 1.29 is 27.4 Å². The molecule has 8 nitrogen and oxygen atoms in total. The van der Waals surface area contributed by atoms with E-state index in [0.717, 1.165) is 5.56 Å². The average Bonchev–Trinajstić information content (AvgIpc) is 2.84. The molecule has 0 spiro atoms. The topological polar surface area (TPSA) is 103 Å². The molecule has 180 valence electrons. The number of carbonyl (C=O) groups excluding carboxylic acids is 1. The molecule has 10 heteroatoms. The van der Waals surface area contributed by atoms with E-state index in [1.807, 2.05) is 30.3 Å². The maximum atomic E-state index is 13.3. The maximum absolute atomic E-state index is 13.3. The first-order valence-electron chi connectivity index (χ1n) is 10.2. The van der Waals surface area contributed by atoms with E-state index in [4.69, 9.17) is 25.8 Å². The number of halogens is 1. The van der Waals surface area contributed by atoms with Crippen molar-refractivity contribution in [1.29, 1.82) is 0 Å². The first-order valence-corrected chi connectivity index (χ1v) is 12.1. The molecule has 0 radical (unpaired) electrons. The van der Waals surface area contributed by atoms with Crippen LogP contribution in [-0.4, -0.2) is 41.7 Å². The Morgan fingerprint density at radius 1 is 0.912 bits per heavy atom. The summed E-state index contributed by atoms with van der Waals surface area (Å²) in [6.45, 7) is 0. The summed E-state index contributed by atoms with van der Waals surface area (Å²) >= 11 is 6.11. The second-order valence-corrected chi connectivity index (χ2v) is 9.34. The van der Waals surface area contributed by atoms with Crippen LogP contribution in [0.2, 0.25) is 5.02 Å². The fraction of sp³-hybridized carbons (Fsp3) is 0.208. The molecule has 0 fully saturated rings. The zero-order valence-electron chi connectivity index (χ0n) is 18.9. The van der Waals surface area contributed by atoms with E-state index in [9.17, 15) is 13.2 Å². The van der Waals surface area contributed by atoms with Gasteiger partial charge in [-0.15, -0.1) is 0 Å². The van der Waals surface area contributed by atoms with Crippen molar-refractivity contribution in [3.63, 3.8) is 0 Å². The summed E-state index contributed by atoms with van der Waals surface area (Å²) in [6, 6.07) is 16.9. The van der Waals surface area contributed by atoms with E-state index in [-0.39, 0.29) is 16.3 Å². The van der Waals surface area contributed by atoms with Crippen LogP contribution in [0.4, 0.5) is 5.69 Å².